The number of rotatable bonds is 0. The molecule has 0 saturated heterocycles. The molecule has 90 valence electrons. The lowest BCUT2D eigenvalue weighted by molar-refractivity contribution is -0.121. The van der Waals surface area contributed by atoms with Crippen molar-refractivity contribution in [3.63, 3.8) is 0 Å². The maximum absolute atomic E-state index is 12.2. The van der Waals surface area contributed by atoms with Crippen LogP contribution in [0, 0.1) is 0 Å². The van der Waals surface area contributed by atoms with Crippen LogP contribution in [-0.2, 0) is 4.79 Å². The molecule has 0 radical (unpaired) electrons. The lowest BCUT2D eigenvalue weighted by Gasteiger charge is -2.41. The molecule has 0 bridgehead atoms. The molecule has 2 aliphatic rings. The van der Waals surface area contributed by atoms with Crippen LogP contribution < -0.4 is 10.6 Å². The minimum Gasteiger partial charge on any atom is -0.370 e. The maximum Gasteiger partial charge on any atom is 0.250 e. The third-order valence-electron chi connectivity index (χ3n) is 3.75. The standard InChI is InChI=1S/C13H15ClN2O/c14-9-4-5-10-11(8-9)15-12(17)13(16-10)6-2-1-3-7-13/h4-5,8,16H,1-3,6-7H2,(H,15,17). The highest BCUT2D eigenvalue weighted by Crippen LogP contribution is 2.39. The van der Waals surface area contributed by atoms with E-state index in [1.54, 1.807) is 6.07 Å². The summed E-state index contributed by atoms with van der Waals surface area (Å²) in [6, 6.07) is 5.58. The maximum atomic E-state index is 12.2. The minimum absolute atomic E-state index is 0.0898. The van der Waals surface area contributed by atoms with Gasteiger partial charge in [0.25, 0.3) is 0 Å². The van der Waals surface area contributed by atoms with Crippen molar-refractivity contribution in [2.75, 3.05) is 10.6 Å². The van der Waals surface area contributed by atoms with Crippen LogP contribution >= 0.6 is 11.6 Å². The Morgan fingerprint density at radius 3 is 2.65 bits per heavy atom. The molecule has 1 aliphatic carbocycles. The molecule has 1 heterocycles. The zero-order chi connectivity index (χ0) is 11.9. The van der Waals surface area contributed by atoms with Gasteiger partial charge in [0.1, 0.15) is 5.54 Å². The van der Waals surface area contributed by atoms with Crippen LogP contribution in [-0.4, -0.2) is 11.4 Å². The molecule has 1 fully saturated rings. The molecule has 2 N–H and O–H groups in total. The largest absolute Gasteiger partial charge is 0.370 e. The van der Waals surface area contributed by atoms with Crippen molar-refractivity contribution in [2.45, 2.75) is 37.6 Å². The summed E-state index contributed by atoms with van der Waals surface area (Å²) in [5.41, 5.74) is 1.38. The van der Waals surface area contributed by atoms with E-state index in [1.165, 1.54) is 6.42 Å². The van der Waals surface area contributed by atoms with Crippen LogP contribution in [0.25, 0.3) is 0 Å². The summed E-state index contributed by atoms with van der Waals surface area (Å²) >= 11 is 5.92. The molecule has 1 amide bonds. The molecular weight excluding hydrogens is 236 g/mol. The van der Waals surface area contributed by atoms with E-state index in [4.69, 9.17) is 11.6 Å². The minimum atomic E-state index is -0.390. The Labute approximate surface area is 106 Å². The number of halogens is 1. The van der Waals surface area contributed by atoms with Gasteiger partial charge in [0, 0.05) is 5.02 Å². The van der Waals surface area contributed by atoms with Crippen molar-refractivity contribution in [1.29, 1.82) is 0 Å². The molecule has 1 aromatic carbocycles. The number of fused-ring (bicyclic) bond motifs is 1. The second kappa shape index (κ2) is 3.91. The lowest BCUT2D eigenvalue weighted by Crippen LogP contribution is -2.53. The first-order chi connectivity index (χ1) is 8.20. The highest BCUT2D eigenvalue weighted by molar-refractivity contribution is 6.31. The van der Waals surface area contributed by atoms with E-state index in [0.717, 1.165) is 37.1 Å². The Morgan fingerprint density at radius 2 is 1.88 bits per heavy atom. The molecule has 0 atom stereocenters. The quantitative estimate of drug-likeness (QED) is 0.741. The van der Waals surface area contributed by atoms with Gasteiger partial charge in [-0.05, 0) is 31.0 Å². The molecule has 0 unspecified atom stereocenters. The third-order valence-corrected chi connectivity index (χ3v) is 3.98. The first-order valence-electron chi connectivity index (χ1n) is 6.09. The highest BCUT2D eigenvalue weighted by atomic mass is 35.5. The lowest BCUT2D eigenvalue weighted by atomic mass is 9.79. The van der Waals surface area contributed by atoms with Crippen LogP contribution in [0.2, 0.25) is 5.02 Å². The number of hydrogen-bond donors (Lipinski definition) is 2. The molecule has 3 rings (SSSR count). The summed E-state index contributed by atoms with van der Waals surface area (Å²) in [5, 5.41) is 7.04. The van der Waals surface area contributed by atoms with Crippen LogP contribution in [0.4, 0.5) is 11.4 Å². The SMILES string of the molecule is O=C1Nc2cc(Cl)ccc2NC12CCCCC2. The normalized spacial score (nSPS) is 21.6. The second-order valence-electron chi connectivity index (χ2n) is 4.91. The predicted octanol–water partition coefficient (Wildman–Crippen LogP) is 3.41. The van der Waals surface area contributed by atoms with Gasteiger partial charge in [-0.15, -0.1) is 0 Å². The van der Waals surface area contributed by atoms with Gasteiger partial charge in [-0.2, -0.15) is 0 Å². The Balaban J connectivity index is 1.97. The van der Waals surface area contributed by atoms with Crippen molar-refractivity contribution in [3.05, 3.63) is 23.2 Å². The van der Waals surface area contributed by atoms with Crippen molar-refractivity contribution < 1.29 is 4.79 Å². The van der Waals surface area contributed by atoms with Gasteiger partial charge in [-0.3, -0.25) is 4.79 Å². The fourth-order valence-electron chi connectivity index (χ4n) is 2.79. The third kappa shape index (κ3) is 1.78. The Morgan fingerprint density at radius 1 is 1.12 bits per heavy atom. The van der Waals surface area contributed by atoms with E-state index in [2.05, 4.69) is 10.6 Å². The number of amides is 1. The molecule has 1 saturated carbocycles. The summed E-state index contributed by atoms with van der Waals surface area (Å²) in [6.07, 6.45) is 5.29. The zero-order valence-corrected chi connectivity index (χ0v) is 10.3. The summed E-state index contributed by atoms with van der Waals surface area (Å²) in [6.45, 7) is 0. The van der Waals surface area contributed by atoms with Crippen molar-refractivity contribution in [1.82, 2.24) is 0 Å². The van der Waals surface area contributed by atoms with Crippen LogP contribution in [0.3, 0.4) is 0 Å². The average Bonchev–Trinajstić information content (AvgIpc) is 2.33. The number of anilines is 2. The Hall–Kier alpha value is -1.22. The van der Waals surface area contributed by atoms with Gasteiger partial charge in [0.15, 0.2) is 0 Å². The predicted molar refractivity (Wildman–Crippen MR) is 69.5 cm³/mol. The molecular formula is C13H15ClN2O. The monoisotopic (exact) mass is 250 g/mol. The first kappa shape index (κ1) is 10.9. The van der Waals surface area contributed by atoms with Crippen LogP contribution in [0.1, 0.15) is 32.1 Å². The van der Waals surface area contributed by atoms with E-state index in [9.17, 15) is 4.79 Å². The van der Waals surface area contributed by atoms with Gasteiger partial charge in [0.05, 0.1) is 11.4 Å². The Bertz CT molecular complexity index is 466. The van der Waals surface area contributed by atoms with Crippen LogP contribution in [0.15, 0.2) is 18.2 Å². The Kier molecular flexibility index (Phi) is 2.51. The molecule has 4 heteroatoms. The molecule has 1 spiro atoms. The zero-order valence-electron chi connectivity index (χ0n) is 9.55. The number of hydrogen-bond acceptors (Lipinski definition) is 2. The van der Waals surface area contributed by atoms with Gasteiger partial charge in [-0.1, -0.05) is 30.9 Å². The smallest absolute Gasteiger partial charge is 0.250 e. The summed E-state index contributed by atoms with van der Waals surface area (Å²) in [4.78, 5) is 12.2. The molecule has 17 heavy (non-hydrogen) atoms. The van der Waals surface area contributed by atoms with Crippen molar-refractivity contribution in [2.24, 2.45) is 0 Å². The summed E-state index contributed by atoms with van der Waals surface area (Å²) < 4.78 is 0. The first-order valence-corrected chi connectivity index (χ1v) is 6.47. The van der Waals surface area contributed by atoms with Gasteiger partial charge < -0.3 is 10.6 Å². The van der Waals surface area contributed by atoms with E-state index in [0.29, 0.717) is 5.02 Å². The van der Waals surface area contributed by atoms with Gasteiger partial charge >= 0.3 is 0 Å². The summed E-state index contributed by atoms with van der Waals surface area (Å²) in [7, 11) is 0. The van der Waals surface area contributed by atoms with E-state index < -0.39 is 0 Å². The topological polar surface area (TPSA) is 41.1 Å². The fraction of sp³-hybridized carbons (Fsp3) is 0.462. The average molecular weight is 251 g/mol. The molecule has 0 aromatic heterocycles. The molecule has 1 aliphatic heterocycles. The van der Waals surface area contributed by atoms with Crippen molar-refractivity contribution >= 4 is 28.9 Å². The fourth-order valence-corrected chi connectivity index (χ4v) is 2.96. The van der Waals surface area contributed by atoms with E-state index >= 15 is 0 Å². The molecule has 3 nitrogen and oxygen atoms in total. The number of carbonyl (C=O) groups is 1. The van der Waals surface area contributed by atoms with Gasteiger partial charge in [0.2, 0.25) is 5.91 Å². The number of benzene rings is 1. The van der Waals surface area contributed by atoms with Crippen LogP contribution in [0.5, 0.6) is 0 Å². The van der Waals surface area contributed by atoms with Gasteiger partial charge in [-0.25, -0.2) is 0 Å². The number of carbonyl (C=O) groups excluding carboxylic acids is 1. The second-order valence-corrected chi connectivity index (χ2v) is 5.35. The highest BCUT2D eigenvalue weighted by Gasteiger charge is 2.42. The van der Waals surface area contributed by atoms with E-state index in [1.807, 2.05) is 12.1 Å². The molecule has 1 aromatic rings. The number of nitrogens with one attached hydrogen (secondary N) is 2. The summed E-state index contributed by atoms with van der Waals surface area (Å²) in [5.74, 6) is 0.0898. The van der Waals surface area contributed by atoms with E-state index in [-0.39, 0.29) is 11.4 Å². The van der Waals surface area contributed by atoms with Crippen molar-refractivity contribution in [3.8, 4) is 0 Å².